The molecule has 0 saturated carbocycles. The van der Waals surface area contributed by atoms with Crippen molar-refractivity contribution in [2.45, 2.75) is 26.9 Å². The Balaban J connectivity index is 1.63. The molecule has 2 aromatic carbocycles. The summed E-state index contributed by atoms with van der Waals surface area (Å²) in [6.45, 7) is 5.93. The molecule has 1 aromatic heterocycles. The van der Waals surface area contributed by atoms with Gasteiger partial charge in [0.25, 0.3) is 5.91 Å². The van der Waals surface area contributed by atoms with Crippen LogP contribution in [0.1, 0.15) is 29.8 Å². The molecule has 0 atom stereocenters. The van der Waals surface area contributed by atoms with E-state index >= 15 is 0 Å². The van der Waals surface area contributed by atoms with E-state index < -0.39 is 0 Å². The molecule has 0 aliphatic heterocycles. The smallest absolute Gasteiger partial charge is 0.258 e. The topological polar surface area (TPSA) is 76.1 Å². The molecule has 1 amide bonds. The predicted molar refractivity (Wildman–Crippen MR) is 107 cm³/mol. The largest absolute Gasteiger partial charge is 0.491 e. The maximum absolute atomic E-state index is 12.4. The SMILES string of the molecule is Cc1ccccc1Nc1ncc(C(=O)Nc2ccc(OC(C)C)cc2)cn1. The molecule has 0 spiro atoms. The van der Waals surface area contributed by atoms with Crippen LogP contribution in [-0.4, -0.2) is 22.0 Å². The number of para-hydroxylation sites is 1. The summed E-state index contributed by atoms with van der Waals surface area (Å²) in [4.78, 5) is 20.8. The minimum Gasteiger partial charge on any atom is -0.491 e. The zero-order valence-electron chi connectivity index (χ0n) is 15.6. The summed E-state index contributed by atoms with van der Waals surface area (Å²) < 4.78 is 5.59. The summed E-state index contributed by atoms with van der Waals surface area (Å²) in [5, 5.41) is 5.96. The number of rotatable bonds is 6. The maximum atomic E-state index is 12.4. The Labute approximate surface area is 158 Å². The van der Waals surface area contributed by atoms with Crippen LogP contribution in [0.5, 0.6) is 5.75 Å². The molecule has 27 heavy (non-hydrogen) atoms. The summed E-state index contributed by atoms with van der Waals surface area (Å²) in [5.74, 6) is 0.934. The van der Waals surface area contributed by atoms with Crippen LogP contribution < -0.4 is 15.4 Å². The number of anilines is 3. The molecule has 0 aliphatic carbocycles. The van der Waals surface area contributed by atoms with Gasteiger partial charge < -0.3 is 15.4 Å². The van der Waals surface area contributed by atoms with Gasteiger partial charge in [-0.1, -0.05) is 18.2 Å². The van der Waals surface area contributed by atoms with Crippen molar-refractivity contribution in [3.8, 4) is 5.75 Å². The second-order valence-corrected chi connectivity index (χ2v) is 6.38. The molecule has 6 heteroatoms. The van der Waals surface area contributed by atoms with Gasteiger partial charge in [0.15, 0.2) is 0 Å². The molecule has 138 valence electrons. The Morgan fingerprint density at radius 1 is 1.00 bits per heavy atom. The molecule has 1 heterocycles. The average Bonchev–Trinajstić information content (AvgIpc) is 2.65. The average molecular weight is 362 g/mol. The molecule has 0 saturated heterocycles. The van der Waals surface area contributed by atoms with Crippen molar-refractivity contribution in [2.24, 2.45) is 0 Å². The fraction of sp³-hybridized carbons (Fsp3) is 0.190. The molecule has 3 aromatic rings. The van der Waals surface area contributed by atoms with Crippen LogP contribution in [0.2, 0.25) is 0 Å². The van der Waals surface area contributed by atoms with Crippen LogP contribution >= 0.6 is 0 Å². The van der Waals surface area contributed by atoms with E-state index in [2.05, 4.69) is 20.6 Å². The number of aromatic nitrogens is 2. The van der Waals surface area contributed by atoms with Gasteiger partial charge in [0.2, 0.25) is 5.95 Å². The van der Waals surface area contributed by atoms with Crippen LogP contribution in [0.15, 0.2) is 60.9 Å². The van der Waals surface area contributed by atoms with Crippen molar-refractivity contribution in [1.29, 1.82) is 0 Å². The highest BCUT2D eigenvalue weighted by Gasteiger charge is 2.09. The van der Waals surface area contributed by atoms with Gasteiger partial charge in [0.05, 0.1) is 11.7 Å². The molecular weight excluding hydrogens is 340 g/mol. The van der Waals surface area contributed by atoms with Crippen LogP contribution in [0.25, 0.3) is 0 Å². The van der Waals surface area contributed by atoms with Crippen molar-refractivity contribution in [1.82, 2.24) is 9.97 Å². The standard InChI is InChI=1S/C21H22N4O2/c1-14(2)27-18-10-8-17(9-11-18)24-20(26)16-12-22-21(23-13-16)25-19-7-5-4-6-15(19)3/h4-14H,1-3H3,(H,24,26)(H,22,23,25). The Morgan fingerprint density at radius 2 is 1.67 bits per heavy atom. The Kier molecular flexibility index (Phi) is 5.66. The first-order valence-electron chi connectivity index (χ1n) is 8.74. The highest BCUT2D eigenvalue weighted by atomic mass is 16.5. The molecule has 0 unspecified atom stereocenters. The zero-order valence-corrected chi connectivity index (χ0v) is 15.6. The maximum Gasteiger partial charge on any atom is 0.258 e. The molecule has 0 radical (unpaired) electrons. The van der Waals surface area contributed by atoms with Gasteiger partial charge in [-0.05, 0) is 56.7 Å². The van der Waals surface area contributed by atoms with E-state index in [0.717, 1.165) is 17.0 Å². The van der Waals surface area contributed by atoms with Crippen molar-refractivity contribution < 1.29 is 9.53 Å². The summed E-state index contributed by atoms with van der Waals surface area (Å²) in [6.07, 6.45) is 3.10. The molecule has 6 nitrogen and oxygen atoms in total. The lowest BCUT2D eigenvalue weighted by atomic mass is 10.2. The van der Waals surface area contributed by atoms with Crippen molar-refractivity contribution in [2.75, 3.05) is 10.6 Å². The number of nitrogens with one attached hydrogen (secondary N) is 2. The van der Waals surface area contributed by atoms with Gasteiger partial charge in [-0.15, -0.1) is 0 Å². The van der Waals surface area contributed by atoms with Gasteiger partial charge in [-0.3, -0.25) is 4.79 Å². The molecular formula is C21H22N4O2. The Hall–Kier alpha value is -3.41. The van der Waals surface area contributed by atoms with Crippen molar-refractivity contribution in [3.63, 3.8) is 0 Å². The van der Waals surface area contributed by atoms with E-state index in [9.17, 15) is 4.79 Å². The number of carbonyl (C=O) groups excluding carboxylic acids is 1. The fourth-order valence-corrected chi connectivity index (χ4v) is 2.44. The number of ether oxygens (including phenoxy) is 1. The highest BCUT2D eigenvalue weighted by Crippen LogP contribution is 2.19. The van der Waals surface area contributed by atoms with Gasteiger partial charge >= 0.3 is 0 Å². The van der Waals surface area contributed by atoms with E-state index in [4.69, 9.17) is 4.74 Å². The summed E-state index contributed by atoms with van der Waals surface area (Å²) in [5.41, 5.74) is 3.08. The fourth-order valence-electron chi connectivity index (χ4n) is 2.44. The van der Waals surface area contributed by atoms with E-state index in [1.165, 1.54) is 12.4 Å². The number of nitrogens with zero attached hydrogens (tertiary/aromatic N) is 2. The summed E-state index contributed by atoms with van der Waals surface area (Å²) in [6, 6.07) is 15.1. The first kappa shape index (κ1) is 18.4. The first-order valence-corrected chi connectivity index (χ1v) is 8.74. The molecule has 3 rings (SSSR count). The molecule has 0 fully saturated rings. The van der Waals surface area contributed by atoms with Gasteiger partial charge in [-0.25, -0.2) is 9.97 Å². The second kappa shape index (κ2) is 8.31. The van der Waals surface area contributed by atoms with E-state index in [1.807, 2.05) is 57.2 Å². The molecule has 0 bridgehead atoms. The predicted octanol–water partition coefficient (Wildman–Crippen LogP) is 4.57. The van der Waals surface area contributed by atoms with Crippen LogP contribution in [0.4, 0.5) is 17.3 Å². The van der Waals surface area contributed by atoms with Gasteiger partial charge in [0, 0.05) is 23.8 Å². The minimum atomic E-state index is -0.269. The van der Waals surface area contributed by atoms with Crippen LogP contribution in [0.3, 0.4) is 0 Å². The quantitative estimate of drug-likeness (QED) is 0.672. The summed E-state index contributed by atoms with van der Waals surface area (Å²) >= 11 is 0. The highest BCUT2D eigenvalue weighted by molar-refractivity contribution is 6.03. The third-order valence-electron chi connectivity index (χ3n) is 3.79. The number of hydrogen-bond donors (Lipinski definition) is 2. The van der Waals surface area contributed by atoms with Crippen LogP contribution in [0, 0.1) is 6.92 Å². The van der Waals surface area contributed by atoms with E-state index in [1.54, 1.807) is 12.1 Å². The lowest BCUT2D eigenvalue weighted by molar-refractivity contribution is 0.102. The Bertz CT molecular complexity index is 906. The number of aryl methyl sites for hydroxylation is 1. The number of benzene rings is 2. The van der Waals surface area contributed by atoms with E-state index in [-0.39, 0.29) is 12.0 Å². The van der Waals surface area contributed by atoms with Crippen molar-refractivity contribution in [3.05, 3.63) is 72.1 Å². The lowest BCUT2D eigenvalue weighted by Crippen LogP contribution is -2.13. The van der Waals surface area contributed by atoms with Gasteiger partial charge in [0.1, 0.15) is 5.75 Å². The van der Waals surface area contributed by atoms with E-state index in [0.29, 0.717) is 17.2 Å². The van der Waals surface area contributed by atoms with Gasteiger partial charge in [-0.2, -0.15) is 0 Å². The Morgan fingerprint density at radius 3 is 2.30 bits per heavy atom. The normalized spacial score (nSPS) is 10.5. The third kappa shape index (κ3) is 5.04. The second-order valence-electron chi connectivity index (χ2n) is 6.38. The zero-order chi connectivity index (χ0) is 19.2. The van der Waals surface area contributed by atoms with Crippen molar-refractivity contribution >= 4 is 23.2 Å². The minimum absolute atomic E-state index is 0.106. The first-order chi connectivity index (χ1) is 13.0. The number of carbonyl (C=O) groups is 1. The molecule has 2 N–H and O–H groups in total. The monoisotopic (exact) mass is 362 g/mol. The molecule has 0 aliphatic rings. The third-order valence-corrected chi connectivity index (χ3v) is 3.79. The lowest BCUT2D eigenvalue weighted by Gasteiger charge is -2.11. The van der Waals surface area contributed by atoms with Crippen LogP contribution in [-0.2, 0) is 0 Å². The number of amides is 1. The number of hydrogen-bond acceptors (Lipinski definition) is 5. The summed E-state index contributed by atoms with van der Waals surface area (Å²) in [7, 11) is 0.